The van der Waals surface area contributed by atoms with E-state index in [0.717, 1.165) is 22.6 Å². The summed E-state index contributed by atoms with van der Waals surface area (Å²) in [4.78, 5) is 21.9. The zero-order valence-electron chi connectivity index (χ0n) is 14.5. The van der Waals surface area contributed by atoms with Crippen molar-refractivity contribution in [2.24, 2.45) is 4.99 Å². The van der Waals surface area contributed by atoms with Crippen LogP contribution in [0.5, 0.6) is 0 Å². The van der Waals surface area contributed by atoms with E-state index in [1.54, 1.807) is 25.3 Å². The highest BCUT2D eigenvalue weighted by Crippen LogP contribution is 2.23. The van der Waals surface area contributed by atoms with Gasteiger partial charge in [-0.15, -0.1) is 11.3 Å². The second-order valence-electron chi connectivity index (χ2n) is 5.41. The number of allylic oxidation sites excluding steroid dienone is 3. The van der Waals surface area contributed by atoms with E-state index in [-0.39, 0.29) is 5.91 Å². The summed E-state index contributed by atoms with van der Waals surface area (Å²) in [5.41, 5.74) is 2.42. The maximum atomic E-state index is 12.6. The molecule has 0 atom stereocenters. The minimum Gasteiger partial charge on any atom is -0.339 e. The van der Waals surface area contributed by atoms with E-state index < -0.39 is 0 Å². The van der Waals surface area contributed by atoms with E-state index in [9.17, 15) is 4.79 Å². The van der Waals surface area contributed by atoms with Crippen LogP contribution in [0.25, 0.3) is 0 Å². The number of aromatic nitrogens is 2. The fourth-order valence-corrected chi connectivity index (χ4v) is 3.35. The lowest BCUT2D eigenvalue weighted by Crippen LogP contribution is -2.17. The van der Waals surface area contributed by atoms with Gasteiger partial charge in [0.15, 0.2) is 5.13 Å². The first-order valence-corrected chi connectivity index (χ1v) is 9.06. The van der Waals surface area contributed by atoms with Crippen LogP contribution in [-0.2, 0) is 13.0 Å². The van der Waals surface area contributed by atoms with Crippen molar-refractivity contribution in [2.75, 3.05) is 5.32 Å². The Kier molecular flexibility index (Phi) is 6.73. The number of aliphatic imine (C=N–C) groups is 1. The number of amides is 1. The molecular weight excluding hydrogens is 356 g/mol. The third kappa shape index (κ3) is 4.90. The first-order valence-electron chi connectivity index (χ1n) is 7.86. The number of carbonyl (C=O) groups is 1. The minimum absolute atomic E-state index is 0.196. The standard InChI is InChI=1S/C18H21ClN4OS/c1-5-15-13(3)25-18(21-15)22-17(24)16-7-6-10-23(16)11-14(12(2)19)8-9-20-4/h6-10H,4-5,11H2,1-3H3,(H,21,22,24)/b9-8-,14-12-. The van der Waals surface area contributed by atoms with Gasteiger partial charge >= 0.3 is 0 Å². The summed E-state index contributed by atoms with van der Waals surface area (Å²) in [7, 11) is 0. The molecule has 132 valence electrons. The highest BCUT2D eigenvalue weighted by atomic mass is 35.5. The summed E-state index contributed by atoms with van der Waals surface area (Å²) in [6, 6.07) is 3.60. The first kappa shape index (κ1) is 19.1. The van der Waals surface area contributed by atoms with Gasteiger partial charge in [-0.3, -0.25) is 15.1 Å². The predicted molar refractivity (Wildman–Crippen MR) is 106 cm³/mol. The normalized spacial score (nSPS) is 12.3. The number of anilines is 1. The monoisotopic (exact) mass is 376 g/mol. The smallest absolute Gasteiger partial charge is 0.274 e. The van der Waals surface area contributed by atoms with Crippen LogP contribution in [0.2, 0.25) is 0 Å². The fraction of sp³-hybridized carbons (Fsp3) is 0.278. The molecule has 2 aromatic heterocycles. The highest BCUT2D eigenvalue weighted by Gasteiger charge is 2.15. The predicted octanol–water partition coefficient (Wildman–Crippen LogP) is 4.79. The molecule has 0 aromatic carbocycles. The average molecular weight is 377 g/mol. The van der Waals surface area contributed by atoms with Crippen molar-refractivity contribution >= 4 is 40.7 Å². The Morgan fingerprint density at radius 3 is 2.92 bits per heavy atom. The Balaban J connectivity index is 2.19. The topological polar surface area (TPSA) is 59.3 Å². The van der Waals surface area contributed by atoms with Gasteiger partial charge in [0.1, 0.15) is 5.69 Å². The van der Waals surface area contributed by atoms with Gasteiger partial charge in [-0.2, -0.15) is 0 Å². The average Bonchev–Trinajstić information content (AvgIpc) is 3.17. The molecular formula is C18H21ClN4OS. The first-order chi connectivity index (χ1) is 12.0. The maximum absolute atomic E-state index is 12.6. The zero-order valence-corrected chi connectivity index (χ0v) is 16.1. The lowest BCUT2D eigenvalue weighted by Gasteiger charge is -2.10. The van der Waals surface area contributed by atoms with Crippen LogP contribution in [0.1, 0.15) is 34.9 Å². The molecule has 2 heterocycles. The fourth-order valence-electron chi connectivity index (χ4n) is 2.33. The number of aryl methyl sites for hydroxylation is 2. The van der Waals surface area contributed by atoms with E-state index in [0.29, 0.717) is 22.4 Å². The van der Waals surface area contributed by atoms with Crippen molar-refractivity contribution in [3.05, 3.63) is 57.5 Å². The molecule has 0 unspecified atom stereocenters. The molecule has 5 nitrogen and oxygen atoms in total. The van der Waals surface area contributed by atoms with Gasteiger partial charge in [-0.1, -0.05) is 18.5 Å². The molecule has 7 heteroatoms. The quantitative estimate of drug-likeness (QED) is 0.557. The molecule has 0 aliphatic heterocycles. The Hall–Kier alpha value is -2.18. The minimum atomic E-state index is -0.196. The van der Waals surface area contributed by atoms with Crippen LogP contribution in [0.3, 0.4) is 0 Å². The SMILES string of the molecule is C=N/C=C\C(Cn1cccc1C(=O)Nc1nc(CC)c(C)s1)=C(/C)Cl. The van der Waals surface area contributed by atoms with Gasteiger partial charge < -0.3 is 4.57 Å². The van der Waals surface area contributed by atoms with Crippen molar-refractivity contribution in [3.63, 3.8) is 0 Å². The van der Waals surface area contributed by atoms with Crippen LogP contribution < -0.4 is 5.32 Å². The second kappa shape index (κ2) is 8.78. The molecule has 1 amide bonds. The Morgan fingerprint density at radius 2 is 2.32 bits per heavy atom. The molecule has 2 aromatic rings. The van der Waals surface area contributed by atoms with Gasteiger partial charge in [-0.25, -0.2) is 4.98 Å². The maximum Gasteiger partial charge on any atom is 0.274 e. The van der Waals surface area contributed by atoms with Gasteiger partial charge in [0.25, 0.3) is 5.91 Å². The molecule has 0 spiro atoms. The number of hydrogen-bond donors (Lipinski definition) is 1. The molecule has 0 fully saturated rings. The molecule has 0 aliphatic rings. The zero-order chi connectivity index (χ0) is 18.4. The number of hydrogen-bond acceptors (Lipinski definition) is 4. The lowest BCUT2D eigenvalue weighted by molar-refractivity contribution is 0.101. The summed E-state index contributed by atoms with van der Waals surface area (Å²) in [5, 5.41) is 4.14. The van der Waals surface area contributed by atoms with Crippen LogP contribution in [-0.4, -0.2) is 22.2 Å². The molecule has 0 bridgehead atoms. The van der Waals surface area contributed by atoms with E-state index in [2.05, 4.69) is 22.0 Å². The van der Waals surface area contributed by atoms with Crippen molar-refractivity contribution in [1.29, 1.82) is 0 Å². The van der Waals surface area contributed by atoms with Crippen LogP contribution in [0.4, 0.5) is 5.13 Å². The number of carbonyl (C=O) groups excluding carboxylic acids is 1. The number of halogens is 1. The summed E-state index contributed by atoms with van der Waals surface area (Å²) < 4.78 is 1.84. The van der Waals surface area contributed by atoms with Gasteiger partial charge in [0.05, 0.1) is 5.69 Å². The summed E-state index contributed by atoms with van der Waals surface area (Å²) in [6.07, 6.45) is 6.06. The lowest BCUT2D eigenvalue weighted by atomic mass is 10.2. The Morgan fingerprint density at radius 1 is 1.56 bits per heavy atom. The molecule has 1 N–H and O–H groups in total. The Bertz CT molecular complexity index is 828. The summed E-state index contributed by atoms with van der Waals surface area (Å²) in [5.74, 6) is -0.196. The number of nitrogens with zero attached hydrogens (tertiary/aromatic N) is 3. The van der Waals surface area contributed by atoms with Crippen molar-refractivity contribution in [2.45, 2.75) is 33.7 Å². The Labute approximate surface area is 156 Å². The van der Waals surface area contributed by atoms with E-state index in [1.807, 2.05) is 30.7 Å². The van der Waals surface area contributed by atoms with Crippen LogP contribution in [0.15, 0.2) is 46.2 Å². The highest BCUT2D eigenvalue weighted by molar-refractivity contribution is 7.15. The van der Waals surface area contributed by atoms with Crippen LogP contribution in [0, 0.1) is 6.92 Å². The largest absolute Gasteiger partial charge is 0.339 e. The molecule has 0 aliphatic carbocycles. The molecule has 25 heavy (non-hydrogen) atoms. The third-order valence-electron chi connectivity index (χ3n) is 3.67. The number of rotatable bonds is 7. The van der Waals surface area contributed by atoms with Crippen LogP contribution >= 0.6 is 22.9 Å². The van der Waals surface area contributed by atoms with E-state index >= 15 is 0 Å². The molecule has 0 saturated carbocycles. The third-order valence-corrected chi connectivity index (χ3v) is 4.85. The van der Waals surface area contributed by atoms with Gasteiger partial charge in [0, 0.05) is 28.9 Å². The molecule has 2 rings (SSSR count). The van der Waals surface area contributed by atoms with Crippen molar-refractivity contribution in [3.8, 4) is 0 Å². The summed E-state index contributed by atoms with van der Waals surface area (Å²) >= 11 is 7.63. The number of nitrogens with one attached hydrogen (secondary N) is 1. The number of thiazole rings is 1. The van der Waals surface area contributed by atoms with E-state index in [1.165, 1.54) is 11.3 Å². The van der Waals surface area contributed by atoms with Gasteiger partial charge in [-0.05, 0) is 50.8 Å². The van der Waals surface area contributed by atoms with Crippen molar-refractivity contribution < 1.29 is 4.79 Å². The van der Waals surface area contributed by atoms with Crippen molar-refractivity contribution in [1.82, 2.24) is 9.55 Å². The van der Waals surface area contributed by atoms with Gasteiger partial charge in [0.2, 0.25) is 0 Å². The molecule has 0 radical (unpaired) electrons. The molecule has 0 saturated heterocycles. The second-order valence-corrected chi connectivity index (χ2v) is 7.18. The summed E-state index contributed by atoms with van der Waals surface area (Å²) in [6.45, 7) is 9.75. The van der Waals surface area contributed by atoms with E-state index in [4.69, 9.17) is 11.6 Å².